The van der Waals surface area contributed by atoms with Crippen LogP contribution in [0.5, 0.6) is 5.75 Å². The average Bonchev–Trinajstić information content (AvgIpc) is 3.33. The summed E-state index contributed by atoms with van der Waals surface area (Å²) in [6.45, 7) is 4.12. The Balaban J connectivity index is 1.49. The summed E-state index contributed by atoms with van der Waals surface area (Å²) in [5.41, 5.74) is 2.52. The van der Waals surface area contributed by atoms with Crippen LogP contribution in [0.15, 0.2) is 53.8 Å². The molecule has 1 amide bonds. The fourth-order valence-electron chi connectivity index (χ4n) is 4.58. The molecule has 3 aromatic heterocycles. The molecule has 0 saturated heterocycles. The molecule has 1 atom stereocenters. The third-order valence-electron chi connectivity index (χ3n) is 6.22. The van der Waals surface area contributed by atoms with E-state index in [-0.39, 0.29) is 42.0 Å². The molecule has 0 spiro atoms. The third kappa shape index (κ3) is 4.07. The van der Waals surface area contributed by atoms with Crippen molar-refractivity contribution < 1.29 is 22.7 Å². The van der Waals surface area contributed by atoms with E-state index in [1.807, 2.05) is 13.8 Å². The van der Waals surface area contributed by atoms with Gasteiger partial charge in [-0.3, -0.25) is 9.59 Å². The van der Waals surface area contributed by atoms with Gasteiger partial charge in [-0.15, -0.1) is 13.2 Å². The van der Waals surface area contributed by atoms with Gasteiger partial charge < -0.3 is 23.3 Å². The molecule has 4 heterocycles. The molecule has 4 aromatic rings. The molecule has 182 valence electrons. The molecule has 0 aliphatic carbocycles. The second-order valence-electron chi connectivity index (χ2n) is 8.72. The Kier molecular flexibility index (Phi) is 5.22. The minimum atomic E-state index is -4.80. The van der Waals surface area contributed by atoms with Gasteiger partial charge in [-0.1, -0.05) is 0 Å². The van der Waals surface area contributed by atoms with E-state index in [0.29, 0.717) is 22.2 Å². The van der Waals surface area contributed by atoms with Crippen molar-refractivity contribution in [1.29, 1.82) is 0 Å². The molecule has 35 heavy (non-hydrogen) atoms. The van der Waals surface area contributed by atoms with Crippen molar-refractivity contribution in [2.24, 2.45) is 7.05 Å². The van der Waals surface area contributed by atoms with Gasteiger partial charge in [0.2, 0.25) is 0 Å². The summed E-state index contributed by atoms with van der Waals surface area (Å²) < 4.78 is 47.1. The Morgan fingerprint density at radius 2 is 1.91 bits per heavy atom. The molecule has 5 rings (SSSR count). The minimum Gasteiger partial charge on any atom is -0.406 e. The van der Waals surface area contributed by atoms with Crippen molar-refractivity contribution in [2.45, 2.75) is 39.3 Å². The number of imidazole rings is 1. The van der Waals surface area contributed by atoms with Gasteiger partial charge in [0.15, 0.2) is 0 Å². The molecule has 11 heteroatoms. The molecule has 0 fully saturated rings. The first-order valence-electron chi connectivity index (χ1n) is 10.9. The van der Waals surface area contributed by atoms with Crippen LogP contribution in [0.25, 0.3) is 16.6 Å². The van der Waals surface area contributed by atoms with Crippen LogP contribution >= 0.6 is 0 Å². The smallest absolute Gasteiger partial charge is 0.406 e. The summed E-state index contributed by atoms with van der Waals surface area (Å²) in [6, 6.07) is 7.03. The van der Waals surface area contributed by atoms with Crippen LogP contribution in [-0.4, -0.2) is 41.9 Å². The van der Waals surface area contributed by atoms with Crippen LogP contribution in [0.1, 0.15) is 28.7 Å². The lowest BCUT2D eigenvalue weighted by Gasteiger charge is -2.35. The van der Waals surface area contributed by atoms with Crippen LogP contribution in [0.3, 0.4) is 0 Å². The van der Waals surface area contributed by atoms with Crippen LogP contribution in [0, 0.1) is 6.92 Å². The van der Waals surface area contributed by atoms with Crippen LogP contribution in [-0.2, 0) is 20.1 Å². The Labute approximate surface area is 197 Å². The molecular formula is C24H22F3N5O3. The Hall–Kier alpha value is -4.02. The Morgan fingerprint density at radius 3 is 2.60 bits per heavy atom. The van der Waals surface area contributed by atoms with Crippen molar-refractivity contribution in [3.05, 3.63) is 76.4 Å². The first-order valence-corrected chi connectivity index (χ1v) is 10.9. The number of alkyl halides is 3. The predicted octanol–water partition coefficient (Wildman–Crippen LogP) is 3.78. The van der Waals surface area contributed by atoms with E-state index in [1.165, 1.54) is 16.7 Å². The van der Waals surface area contributed by atoms with E-state index < -0.39 is 6.36 Å². The van der Waals surface area contributed by atoms with Crippen LogP contribution in [0.4, 0.5) is 13.2 Å². The van der Waals surface area contributed by atoms with Gasteiger partial charge in [0.1, 0.15) is 17.1 Å². The van der Waals surface area contributed by atoms with Gasteiger partial charge in [0.25, 0.3) is 11.5 Å². The van der Waals surface area contributed by atoms with Gasteiger partial charge in [-0.05, 0) is 49.7 Å². The lowest BCUT2D eigenvalue weighted by atomic mass is 10.1. The number of benzene rings is 1. The maximum Gasteiger partial charge on any atom is 0.573 e. The number of carbonyl (C=O) groups is 1. The van der Waals surface area contributed by atoms with Crippen molar-refractivity contribution in [2.75, 3.05) is 0 Å². The Bertz CT molecular complexity index is 1520. The maximum atomic E-state index is 13.4. The number of fused-ring (bicyclic) bond motifs is 2. The van der Waals surface area contributed by atoms with Crippen molar-refractivity contribution >= 4 is 16.8 Å². The predicted molar refractivity (Wildman–Crippen MR) is 121 cm³/mol. The normalized spacial score (nSPS) is 16.1. The number of carbonyl (C=O) groups excluding carboxylic acids is 1. The number of hydrogen-bond acceptors (Lipinski definition) is 4. The minimum absolute atomic E-state index is 0.170. The largest absolute Gasteiger partial charge is 0.573 e. The zero-order chi connectivity index (χ0) is 25.1. The maximum absolute atomic E-state index is 13.4. The fraction of sp³-hybridized carbons (Fsp3) is 0.292. The Morgan fingerprint density at radius 1 is 1.14 bits per heavy atom. The number of hydrogen-bond donors (Lipinski definition) is 0. The number of nitrogens with zero attached hydrogens (tertiary/aromatic N) is 5. The average molecular weight is 485 g/mol. The number of amides is 1. The van der Waals surface area contributed by atoms with Gasteiger partial charge in [-0.25, -0.2) is 4.98 Å². The first kappa shape index (κ1) is 22.8. The molecule has 1 aliphatic heterocycles. The molecule has 8 nitrogen and oxygen atoms in total. The highest BCUT2D eigenvalue weighted by Gasteiger charge is 2.33. The standard InChI is InChI=1S/C24H22F3N5O3/c1-14-9-30(13-28-14)20-6-7-21-23(34)31(15(2)10-32(21)22(20)33)12-16-11-29(3)19-5-4-17(8-18(16)19)35-24(25,26)27/h4-9,11,13,15H,10,12H2,1-3H3/t15-/m1/s1. The quantitative estimate of drug-likeness (QED) is 0.441. The monoisotopic (exact) mass is 485 g/mol. The van der Waals surface area contributed by atoms with Crippen molar-refractivity contribution in [3.63, 3.8) is 0 Å². The summed E-state index contributed by atoms with van der Waals surface area (Å²) in [6.07, 6.45) is 0.275. The van der Waals surface area contributed by atoms with E-state index in [4.69, 9.17) is 0 Å². The molecule has 1 aromatic carbocycles. The summed E-state index contributed by atoms with van der Waals surface area (Å²) in [7, 11) is 1.78. The molecule has 0 N–H and O–H groups in total. The highest BCUT2D eigenvalue weighted by Crippen LogP contribution is 2.31. The highest BCUT2D eigenvalue weighted by atomic mass is 19.4. The van der Waals surface area contributed by atoms with E-state index >= 15 is 0 Å². The second kappa shape index (κ2) is 8.03. The number of aryl methyl sites for hydroxylation is 2. The van der Waals surface area contributed by atoms with E-state index in [0.717, 1.165) is 5.69 Å². The third-order valence-corrected chi connectivity index (χ3v) is 6.22. The first-order chi connectivity index (χ1) is 16.5. The second-order valence-corrected chi connectivity index (χ2v) is 8.72. The van der Waals surface area contributed by atoms with E-state index in [9.17, 15) is 22.8 Å². The lowest BCUT2D eigenvalue weighted by molar-refractivity contribution is -0.274. The SMILES string of the molecule is Cc1cn(-c2ccc3n(c2=O)C[C@@H](C)N(Cc2cn(C)c4ccc(OC(F)(F)F)cc24)C3=O)cn1. The molecule has 1 aliphatic rings. The number of pyridine rings is 1. The summed E-state index contributed by atoms with van der Waals surface area (Å²) >= 11 is 0. The summed E-state index contributed by atoms with van der Waals surface area (Å²) in [5, 5.41) is 0.558. The zero-order valence-corrected chi connectivity index (χ0v) is 19.2. The lowest BCUT2D eigenvalue weighted by Crippen LogP contribution is -2.49. The number of halogens is 3. The van der Waals surface area contributed by atoms with E-state index in [1.54, 1.807) is 58.0 Å². The van der Waals surface area contributed by atoms with Crippen LogP contribution in [0.2, 0.25) is 0 Å². The van der Waals surface area contributed by atoms with Crippen molar-refractivity contribution in [3.8, 4) is 11.4 Å². The fourth-order valence-corrected chi connectivity index (χ4v) is 4.58. The van der Waals surface area contributed by atoms with Gasteiger partial charge in [-0.2, -0.15) is 0 Å². The highest BCUT2D eigenvalue weighted by molar-refractivity contribution is 5.94. The number of rotatable bonds is 4. The van der Waals surface area contributed by atoms with Gasteiger partial charge >= 0.3 is 6.36 Å². The van der Waals surface area contributed by atoms with Gasteiger partial charge in [0.05, 0.1) is 12.0 Å². The van der Waals surface area contributed by atoms with E-state index in [2.05, 4.69) is 9.72 Å². The van der Waals surface area contributed by atoms with Crippen molar-refractivity contribution in [1.82, 2.24) is 23.6 Å². The molecule has 0 radical (unpaired) electrons. The molecule has 0 saturated carbocycles. The zero-order valence-electron chi connectivity index (χ0n) is 19.2. The number of ether oxygens (including phenoxy) is 1. The van der Waals surface area contributed by atoms with Crippen LogP contribution < -0.4 is 10.3 Å². The summed E-state index contributed by atoms with van der Waals surface area (Å²) in [4.78, 5) is 32.3. The molecular weight excluding hydrogens is 463 g/mol. The number of aromatic nitrogens is 4. The topological polar surface area (TPSA) is 74.3 Å². The molecule has 0 bridgehead atoms. The van der Waals surface area contributed by atoms with Gasteiger partial charge in [0, 0.05) is 49.5 Å². The summed E-state index contributed by atoms with van der Waals surface area (Å²) in [5.74, 6) is -0.649. The molecule has 0 unspecified atom stereocenters.